The summed E-state index contributed by atoms with van der Waals surface area (Å²) < 4.78 is 1.60. The van der Waals surface area contributed by atoms with Gasteiger partial charge in [-0.3, -0.25) is 9.69 Å². The lowest BCUT2D eigenvalue weighted by Crippen LogP contribution is -2.24. The Morgan fingerprint density at radius 1 is 1.36 bits per heavy atom. The molecule has 1 aliphatic rings. The molecule has 0 saturated carbocycles. The standard InChI is InChI=1S/C17H22N4O/c1-20-8-5-14(10-17(20)22)12-21-9-6-15(13-21)11-19-16-4-2-3-7-18-16/h2-5,7-8,10,15H,6,9,11-13H2,1H3,(H,18,19)/t15-/m0/s1. The fraction of sp³-hybridized carbons (Fsp3) is 0.412. The smallest absolute Gasteiger partial charge is 0.250 e. The van der Waals surface area contributed by atoms with Gasteiger partial charge in [-0.2, -0.15) is 0 Å². The van der Waals surface area contributed by atoms with E-state index in [0.29, 0.717) is 5.92 Å². The third-order valence-corrected chi connectivity index (χ3v) is 4.18. The first kappa shape index (κ1) is 14.8. The van der Waals surface area contributed by atoms with E-state index in [4.69, 9.17) is 0 Å². The number of pyridine rings is 2. The molecule has 2 aromatic rings. The minimum atomic E-state index is 0.0602. The second-order valence-corrected chi connectivity index (χ2v) is 5.97. The van der Waals surface area contributed by atoms with Crippen molar-refractivity contribution in [2.75, 3.05) is 25.0 Å². The normalized spacial score (nSPS) is 18.5. The maximum atomic E-state index is 11.7. The molecule has 0 aromatic carbocycles. The van der Waals surface area contributed by atoms with Crippen molar-refractivity contribution in [2.24, 2.45) is 13.0 Å². The van der Waals surface area contributed by atoms with E-state index >= 15 is 0 Å². The van der Waals surface area contributed by atoms with Crippen molar-refractivity contribution in [3.8, 4) is 0 Å². The third kappa shape index (κ3) is 3.74. The van der Waals surface area contributed by atoms with Crippen LogP contribution in [-0.2, 0) is 13.6 Å². The summed E-state index contributed by atoms with van der Waals surface area (Å²) in [6.07, 6.45) is 4.83. The van der Waals surface area contributed by atoms with Crippen LogP contribution in [0, 0.1) is 5.92 Å². The molecule has 3 heterocycles. The molecular weight excluding hydrogens is 276 g/mol. The monoisotopic (exact) mass is 298 g/mol. The summed E-state index contributed by atoms with van der Waals surface area (Å²) in [5.41, 5.74) is 1.16. The van der Waals surface area contributed by atoms with E-state index in [1.807, 2.05) is 30.5 Å². The van der Waals surface area contributed by atoms with Crippen LogP contribution in [-0.4, -0.2) is 34.1 Å². The van der Waals surface area contributed by atoms with Gasteiger partial charge < -0.3 is 9.88 Å². The molecule has 5 heteroatoms. The van der Waals surface area contributed by atoms with Crippen molar-refractivity contribution in [1.29, 1.82) is 0 Å². The molecule has 0 radical (unpaired) electrons. The summed E-state index contributed by atoms with van der Waals surface area (Å²) in [7, 11) is 1.78. The number of rotatable bonds is 5. The van der Waals surface area contributed by atoms with Crippen LogP contribution in [0.25, 0.3) is 0 Å². The third-order valence-electron chi connectivity index (χ3n) is 4.18. The first-order chi connectivity index (χ1) is 10.7. The second-order valence-electron chi connectivity index (χ2n) is 5.97. The van der Waals surface area contributed by atoms with Gasteiger partial charge in [0.05, 0.1) is 0 Å². The average molecular weight is 298 g/mol. The van der Waals surface area contributed by atoms with Crippen LogP contribution in [0.1, 0.15) is 12.0 Å². The Balaban J connectivity index is 1.49. The van der Waals surface area contributed by atoms with Gasteiger partial charge in [-0.25, -0.2) is 4.98 Å². The SMILES string of the molecule is Cn1ccc(CN2CC[C@@H](CNc3ccccn3)C2)cc1=O. The first-order valence-electron chi connectivity index (χ1n) is 7.73. The molecule has 0 unspecified atom stereocenters. The van der Waals surface area contributed by atoms with Crippen molar-refractivity contribution in [3.63, 3.8) is 0 Å². The van der Waals surface area contributed by atoms with E-state index in [2.05, 4.69) is 15.2 Å². The molecule has 22 heavy (non-hydrogen) atoms. The lowest BCUT2D eigenvalue weighted by atomic mass is 10.1. The highest BCUT2D eigenvalue weighted by molar-refractivity contribution is 5.33. The summed E-state index contributed by atoms with van der Waals surface area (Å²) in [6.45, 7) is 3.96. The lowest BCUT2D eigenvalue weighted by Gasteiger charge is -2.16. The quantitative estimate of drug-likeness (QED) is 0.913. The van der Waals surface area contributed by atoms with Crippen LogP contribution in [0.15, 0.2) is 47.5 Å². The lowest BCUT2D eigenvalue weighted by molar-refractivity contribution is 0.318. The summed E-state index contributed by atoms with van der Waals surface area (Å²) in [5, 5.41) is 3.40. The molecule has 1 atom stereocenters. The Kier molecular flexibility index (Phi) is 4.53. The zero-order valence-corrected chi connectivity index (χ0v) is 12.9. The summed E-state index contributed by atoms with van der Waals surface area (Å²) in [5.74, 6) is 1.57. The highest BCUT2D eigenvalue weighted by atomic mass is 16.1. The maximum absolute atomic E-state index is 11.7. The van der Waals surface area contributed by atoms with Gasteiger partial charge in [-0.1, -0.05) is 6.07 Å². The molecule has 1 saturated heterocycles. The van der Waals surface area contributed by atoms with Crippen molar-refractivity contribution >= 4 is 5.82 Å². The molecule has 0 bridgehead atoms. The van der Waals surface area contributed by atoms with E-state index in [-0.39, 0.29) is 5.56 Å². The van der Waals surface area contributed by atoms with E-state index in [1.54, 1.807) is 23.9 Å². The minimum Gasteiger partial charge on any atom is -0.370 e. The molecule has 1 fully saturated rings. The van der Waals surface area contributed by atoms with Crippen molar-refractivity contribution in [2.45, 2.75) is 13.0 Å². The number of aryl methyl sites for hydroxylation is 1. The summed E-state index contributed by atoms with van der Waals surface area (Å²) in [6, 6.07) is 9.67. The van der Waals surface area contributed by atoms with Gasteiger partial charge in [0.25, 0.3) is 5.56 Å². The van der Waals surface area contributed by atoms with Crippen LogP contribution >= 0.6 is 0 Å². The van der Waals surface area contributed by atoms with Gasteiger partial charge in [-0.05, 0) is 42.6 Å². The average Bonchev–Trinajstić information content (AvgIpc) is 2.97. The highest BCUT2D eigenvalue weighted by Gasteiger charge is 2.22. The van der Waals surface area contributed by atoms with E-state index in [1.165, 1.54) is 6.42 Å². The molecule has 1 aliphatic heterocycles. The molecule has 5 nitrogen and oxygen atoms in total. The molecule has 3 rings (SSSR count). The van der Waals surface area contributed by atoms with Gasteiger partial charge >= 0.3 is 0 Å². The van der Waals surface area contributed by atoms with Gasteiger partial charge in [-0.15, -0.1) is 0 Å². The Hall–Kier alpha value is -2.14. The summed E-state index contributed by atoms with van der Waals surface area (Å²) in [4.78, 5) is 18.4. The largest absolute Gasteiger partial charge is 0.370 e. The highest BCUT2D eigenvalue weighted by Crippen LogP contribution is 2.18. The fourth-order valence-corrected chi connectivity index (χ4v) is 2.89. The van der Waals surface area contributed by atoms with Crippen LogP contribution in [0.4, 0.5) is 5.82 Å². The molecular formula is C17H22N4O. The Bertz CT molecular complexity index is 668. The Morgan fingerprint density at radius 3 is 3.05 bits per heavy atom. The molecule has 0 aliphatic carbocycles. The maximum Gasteiger partial charge on any atom is 0.250 e. The number of nitrogens with zero attached hydrogens (tertiary/aromatic N) is 3. The predicted molar refractivity (Wildman–Crippen MR) is 87.8 cm³/mol. The van der Waals surface area contributed by atoms with Crippen molar-refractivity contribution in [1.82, 2.24) is 14.5 Å². The molecule has 2 aromatic heterocycles. The number of anilines is 1. The number of hydrogen-bond donors (Lipinski definition) is 1. The Labute approximate surface area is 130 Å². The number of aromatic nitrogens is 2. The molecule has 1 N–H and O–H groups in total. The van der Waals surface area contributed by atoms with Crippen LogP contribution < -0.4 is 10.9 Å². The fourth-order valence-electron chi connectivity index (χ4n) is 2.89. The zero-order chi connectivity index (χ0) is 15.4. The van der Waals surface area contributed by atoms with Gasteiger partial charge in [0.2, 0.25) is 0 Å². The number of hydrogen-bond acceptors (Lipinski definition) is 4. The van der Waals surface area contributed by atoms with Crippen LogP contribution in [0.2, 0.25) is 0 Å². The molecule has 116 valence electrons. The Morgan fingerprint density at radius 2 is 2.27 bits per heavy atom. The number of nitrogens with one attached hydrogen (secondary N) is 1. The van der Waals surface area contributed by atoms with Gasteiger partial charge in [0.15, 0.2) is 0 Å². The topological polar surface area (TPSA) is 50.2 Å². The van der Waals surface area contributed by atoms with E-state index < -0.39 is 0 Å². The van der Waals surface area contributed by atoms with Crippen LogP contribution in [0.3, 0.4) is 0 Å². The van der Waals surface area contributed by atoms with Gasteiger partial charge in [0.1, 0.15) is 5.82 Å². The summed E-state index contributed by atoms with van der Waals surface area (Å²) >= 11 is 0. The van der Waals surface area contributed by atoms with Crippen LogP contribution in [0.5, 0.6) is 0 Å². The van der Waals surface area contributed by atoms with Gasteiger partial charge in [0, 0.05) is 45.1 Å². The predicted octanol–water partition coefficient (Wildman–Crippen LogP) is 1.71. The van der Waals surface area contributed by atoms with Crippen molar-refractivity contribution < 1.29 is 0 Å². The van der Waals surface area contributed by atoms with E-state index in [0.717, 1.165) is 37.6 Å². The van der Waals surface area contributed by atoms with Crippen molar-refractivity contribution in [3.05, 3.63) is 58.6 Å². The minimum absolute atomic E-state index is 0.0602. The molecule has 0 amide bonds. The second kappa shape index (κ2) is 6.75. The van der Waals surface area contributed by atoms with E-state index in [9.17, 15) is 4.79 Å². The first-order valence-corrected chi connectivity index (χ1v) is 7.73. The number of likely N-dealkylation sites (tertiary alicyclic amines) is 1. The zero-order valence-electron chi connectivity index (χ0n) is 12.9. The molecule has 0 spiro atoms.